The molecule has 0 saturated carbocycles. The first-order valence-corrected chi connectivity index (χ1v) is 8.88. The topological polar surface area (TPSA) is 61.3 Å². The Balaban J connectivity index is 1.48. The van der Waals surface area contributed by atoms with Crippen molar-refractivity contribution in [1.82, 2.24) is 10.1 Å². The summed E-state index contributed by atoms with van der Waals surface area (Å²) in [4.78, 5) is 5.27. The molecule has 0 radical (unpaired) electrons. The standard InChI is InChI=1S/C17H10Cl2N2O3S/c18-11-3-1-4-12(15(11)19)22-9-10-6-7-13(23-10)17-20-16(21-24-17)14-5-2-8-25-14/h1-8H,9H2. The molecule has 8 heteroatoms. The Labute approximate surface area is 156 Å². The van der Waals surface area contributed by atoms with Crippen LogP contribution < -0.4 is 4.74 Å². The molecule has 4 rings (SSSR count). The number of aromatic nitrogens is 2. The molecule has 0 amide bonds. The average Bonchev–Trinajstić information content (AvgIpc) is 3.36. The molecule has 0 aliphatic rings. The van der Waals surface area contributed by atoms with Gasteiger partial charge in [-0.05, 0) is 35.7 Å². The van der Waals surface area contributed by atoms with E-state index in [1.165, 1.54) is 11.3 Å². The maximum atomic E-state index is 6.09. The van der Waals surface area contributed by atoms with Gasteiger partial charge in [-0.1, -0.05) is 40.5 Å². The summed E-state index contributed by atoms with van der Waals surface area (Å²) in [7, 11) is 0. The molecule has 25 heavy (non-hydrogen) atoms. The van der Waals surface area contributed by atoms with E-state index in [1.54, 1.807) is 30.3 Å². The minimum absolute atomic E-state index is 0.200. The number of nitrogens with zero attached hydrogens (tertiary/aromatic N) is 2. The largest absolute Gasteiger partial charge is 0.484 e. The van der Waals surface area contributed by atoms with Crippen LogP contribution in [0.25, 0.3) is 22.4 Å². The van der Waals surface area contributed by atoms with Crippen LogP contribution in [0.3, 0.4) is 0 Å². The van der Waals surface area contributed by atoms with Gasteiger partial charge in [0.15, 0.2) is 5.76 Å². The van der Waals surface area contributed by atoms with E-state index in [1.807, 2.05) is 17.5 Å². The number of ether oxygens (including phenoxy) is 1. The molecular weight excluding hydrogens is 383 g/mol. The Bertz CT molecular complexity index is 995. The number of benzene rings is 1. The zero-order chi connectivity index (χ0) is 17.2. The third-order valence-electron chi connectivity index (χ3n) is 3.33. The average molecular weight is 393 g/mol. The van der Waals surface area contributed by atoms with Gasteiger partial charge in [-0.25, -0.2) is 0 Å². The lowest BCUT2D eigenvalue weighted by Crippen LogP contribution is -1.94. The van der Waals surface area contributed by atoms with Gasteiger partial charge in [0.05, 0.1) is 9.90 Å². The van der Waals surface area contributed by atoms with Gasteiger partial charge in [-0.15, -0.1) is 11.3 Å². The van der Waals surface area contributed by atoms with Crippen molar-refractivity contribution in [2.75, 3.05) is 0 Å². The molecule has 0 N–H and O–H groups in total. The molecule has 3 aromatic heterocycles. The van der Waals surface area contributed by atoms with Gasteiger partial charge in [0, 0.05) is 0 Å². The molecule has 0 unspecified atom stereocenters. The zero-order valence-electron chi connectivity index (χ0n) is 12.6. The van der Waals surface area contributed by atoms with Crippen molar-refractivity contribution in [2.45, 2.75) is 6.61 Å². The monoisotopic (exact) mass is 392 g/mol. The molecule has 5 nitrogen and oxygen atoms in total. The highest BCUT2D eigenvalue weighted by Crippen LogP contribution is 2.32. The van der Waals surface area contributed by atoms with Gasteiger partial charge in [-0.2, -0.15) is 4.98 Å². The van der Waals surface area contributed by atoms with Crippen molar-refractivity contribution < 1.29 is 13.7 Å². The van der Waals surface area contributed by atoms with E-state index in [0.717, 1.165) is 4.88 Å². The van der Waals surface area contributed by atoms with E-state index in [9.17, 15) is 0 Å². The Hall–Kier alpha value is -2.28. The van der Waals surface area contributed by atoms with Crippen LogP contribution in [-0.2, 0) is 6.61 Å². The number of hydrogen-bond acceptors (Lipinski definition) is 6. The zero-order valence-corrected chi connectivity index (χ0v) is 14.9. The highest BCUT2D eigenvalue weighted by molar-refractivity contribution is 7.13. The van der Waals surface area contributed by atoms with Gasteiger partial charge in [0.25, 0.3) is 5.89 Å². The molecule has 0 saturated heterocycles. The molecule has 0 spiro atoms. The Kier molecular flexibility index (Phi) is 4.48. The van der Waals surface area contributed by atoms with Gasteiger partial charge in [0.1, 0.15) is 23.1 Å². The second kappa shape index (κ2) is 6.92. The maximum absolute atomic E-state index is 6.09. The summed E-state index contributed by atoms with van der Waals surface area (Å²) in [5.41, 5.74) is 0. The van der Waals surface area contributed by atoms with Crippen LogP contribution in [0.4, 0.5) is 0 Å². The first-order valence-electron chi connectivity index (χ1n) is 7.24. The molecule has 126 valence electrons. The van der Waals surface area contributed by atoms with Crippen molar-refractivity contribution >= 4 is 34.5 Å². The quantitative estimate of drug-likeness (QED) is 0.420. The lowest BCUT2D eigenvalue weighted by molar-refractivity contribution is 0.270. The van der Waals surface area contributed by atoms with Gasteiger partial charge in [0.2, 0.25) is 5.82 Å². The summed E-state index contributed by atoms with van der Waals surface area (Å²) in [5.74, 6) is 2.42. The van der Waals surface area contributed by atoms with Crippen LogP contribution in [0.15, 0.2) is 56.8 Å². The number of rotatable bonds is 5. The third-order valence-corrected chi connectivity index (χ3v) is 4.99. The minimum atomic E-state index is 0.200. The van der Waals surface area contributed by atoms with E-state index >= 15 is 0 Å². The minimum Gasteiger partial charge on any atom is -0.484 e. The second-order valence-electron chi connectivity index (χ2n) is 5.01. The summed E-state index contributed by atoms with van der Waals surface area (Å²) in [5, 5.41) is 6.72. The second-order valence-corrected chi connectivity index (χ2v) is 6.74. The Morgan fingerprint density at radius 1 is 1.08 bits per heavy atom. The lowest BCUT2D eigenvalue weighted by Gasteiger charge is -2.06. The molecule has 0 bridgehead atoms. The van der Waals surface area contributed by atoms with Crippen LogP contribution in [0.5, 0.6) is 5.75 Å². The van der Waals surface area contributed by atoms with Gasteiger partial charge >= 0.3 is 0 Å². The molecule has 0 aliphatic carbocycles. The molecule has 3 heterocycles. The number of halogens is 2. The van der Waals surface area contributed by atoms with E-state index in [-0.39, 0.29) is 6.61 Å². The van der Waals surface area contributed by atoms with Gasteiger partial charge in [-0.3, -0.25) is 0 Å². The Morgan fingerprint density at radius 3 is 2.84 bits per heavy atom. The predicted molar refractivity (Wildman–Crippen MR) is 96.1 cm³/mol. The van der Waals surface area contributed by atoms with Crippen LogP contribution in [-0.4, -0.2) is 10.1 Å². The van der Waals surface area contributed by atoms with Crippen LogP contribution >= 0.6 is 34.5 Å². The first kappa shape index (κ1) is 16.2. The normalized spacial score (nSPS) is 11.0. The smallest absolute Gasteiger partial charge is 0.293 e. The van der Waals surface area contributed by atoms with Crippen LogP contribution in [0.1, 0.15) is 5.76 Å². The van der Waals surface area contributed by atoms with E-state index in [4.69, 9.17) is 36.9 Å². The molecule has 0 aliphatic heterocycles. The van der Waals surface area contributed by atoms with Crippen molar-refractivity contribution in [2.24, 2.45) is 0 Å². The van der Waals surface area contributed by atoms with Crippen molar-refractivity contribution in [3.8, 4) is 28.1 Å². The lowest BCUT2D eigenvalue weighted by atomic mass is 10.3. The van der Waals surface area contributed by atoms with E-state index in [2.05, 4.69) is 10.1 Å². The number of hydrogen-bond donors (Lipinski definition) is 0. The fourth-order valence-electron chi connectivity index (χ4n) is 2.14. The Morgan fingerprint density at radius 2 is 2.00 bits per heavy atom. The highest BCUT2D eigenvalue weighted by Gasteiger charge is 2.15. The summed E-state index contributed by atoms with van der Waals surface area (Å²) < 4.78 is 16.6. The highest BCUT2D eigenvalue weighted by atomic mass is 35.5. The number of furan rings is 1. The maximum Gasteiger partial charge on any atom is 0.293 e. The number of thiophene rings is 1. The fourth-order valence-corrected chi connectivity index (χ4v) is 3.14. The third kappa shape index (κ3) is 3.42. The van der Waals surface area contributed by atoms with Gasteiger partial charge < -0.3 is 13.7 Å². The molecule has 0 atom stereocenters. The summed E-state index contributed by atoms with van der Waals surface area (Å²) in [6.45, 7) is 0.200. The predicted octanol–water partition coefficient (Wildman–Crippen LogP) is 5.94. The SMILES string of the molecule is Clc1cccc(OCc2ccc(-c3nc(-c4cccs4)no3)o2)c1Cl. The summed E-state index contributed by atoms with van der Waals surface area (Å²) in [6.07, 6.45) is 0. The van der Waals surface area contributed by atoms with E-state index in [0.29, 0.717) is 39.0 Å². The van der Waals surface area contributed by atoms with Crippen molar-refractivity contribution in [1.29, 1.82) is 0 Å². The first-order chi connectivity index (χ1) is 12.2. The van der Waals surface area contributed by atoms with Crippen LogP contribution in [0.2, 0.25) is 10.0 Å². The fraction of sp³-hybridized carbons (Fsp3) is 0.0588. The molecular formula is C17H10Cl2N2O3S. The van der Waals surface area contributed by atoms with E-state index < -0.39 is 0 Å². The summed E-state index contributed by atoms with van der Waals surface area (Å²) >= 11 is 13.6. The molecule has 1 aromatic carbocycles. The molecule has 4 aromatic rings. The van der Waals surface area contributed by atoms with Crippen molar-refractivity contribution in [3.05, 3.63) is 63.7 Å². The summed E-state index contributed by atoms with van der Waals surface area (Å²) in [6, 6.07) is 12.6. The van der Waals surface area contributed by atoms with Crippen LogP contribution in [0, 0.1) is 0 Å². The van der Waals surface area contributed by atoms with Crippen molar-refractivity contribution in [3.63, 3.8) is 0 Å². The molecule has 0 fully saturated rings.